The van der Waals surface area contributed by atoms with Crippen LogP contribution in [0.25, 0.3) is 27.8 Å². The standard InChI is InChI=1S/C28H33N5O4/c1-7-16(2)23(27(36)37)30-26(35)18-12-13-32-22(14-18)29-24(25(32)31-28(4,5)6)20-15-33(17(3)34)21-11-9-8-10-19(20)21/h8-16,23,31H,7H2,1-6H3,(H,30,35)(H,36,37). The van der Waals surface area contributed by atoms with E-state index >= 15 is 0 Å². The number of carboxylic acid groups (broad SMARTS) is 1. The van der Waals surface area contributed by atoms with Crippen molar-refractivity contribution in [2.75, 3.05) is 5.32 Å². The van der Waals surface area contributed by atoms with Gasteiger partial charge in [-0.25, -0.2) is 9.78 Å². The Morgan fingerprint density at radius 1 is 1.14 bits per heavy atom. The van der Waals surface area contributed by atoms with Gasteiger partial charge in [0, 0.05) is 41.4 Å². The average Bonchev–Trinajstić information content (AvgIpc) is 3.39. The van der Waals surface area contributed by atoms with Crippen LogP contribution in [-0.4, -0.2) is 48.4 Å². The molecule has 1 aromatic carbocycles. The molecule has 2 unspecified atom stereocenters. The molecule has 0 aliphatic heterocycles. The van der Waals surface area contributed by atoms with Crippen LogP contribution in [0.4, 0.5) is 5.82 Å². The van der Waals surface area contributed by atoms with Crippen molar-refractivity contribution < 1.29 is 19.5 Å². The van der Waals surface area contributed by atoms with Gasteiger partial charge < -0.3 is 15.7 Å². The minimum Gasteiger partial charge on any atom is -0.480 e. The van der Waals surface area contributed by atoms with Gasteiger partial charge in [-0.1, -0.05) is 38.5 Å². The first kappa shape index (κ1) is 25.9. The summed E-state index contributed by atoms with van der Waals surface area (Å²) in [5.74, 6) is -1.14. The molecule has 0 aliphatic rings. The first-order valence-corrected chi connectivity index (χ1v) is 12.4. The molecule has 0 saturated heterocycles. The summed E-state index contributed by atoms with van der Waals surface area (Å²) in [6.45, 7) is 11.3. The van der Waals surface area contributed by atoms with Crippen LogP contribution in [0.5, 0.6) is 0 Å². The minimum atomic E-state index is -1.06. The molecule has 1 amide bonds. The van der Waals surface area contributed by atoms with E-state index in [0.717, 1.165) is 22.3 Å². The smallest absolute Gasteiger partial charge is 0.326 e. The maximum Gasteiger partial charge on any atom is 0.326 e. The number of nitrogens with zero attached hydrogens (tertiary/aromatic N) is 3. The van der Waals surface area contributed by atoms with Crippen LogP contribution >= 0.6 is 0 Å². The Hall–Kier alpha value is -4.14. The van der Waals surface area contributed by atoms with Crippen LogP contribution < -0.4 is 10.6 Å². The number of aliphatic carboxylic acids is 1. The Balaban J connectivity index is 1.86. The number of hydrogen-bond donors (Lipinski definition) is 3. The number of aromatic nitrogens is 3. The number of benzene rings is 1. The highest BCUT2D eigenvalue weighted by Crippen LogP contribution is 2.36. The lowest BCUT2D eigenvalue weighted by molar-refractivity contribution is -0.140. The summed E-state index contributed by atoms with van der Waals surface area (Å²) in [4.78, 5) is 41.9. The molecule has 0 aliphatic carbocycles. The van der Waals surface area contributed by atoms with Gasteiger partial charge in [-0.2, -0.15) is 0 Å². The third-order valence-electron chi connectivity index (χ3n) is 6.45. The van der Waals surface area contributed by atoms with Crippen LogP contribution in [0, 0.1) is 5.92 Å². The number of nitrogens with one attached hydrogen (secondary N) is 2. The molecule has 4 rings (SSSR count). The highest BCUT2D eigenvalue weighted by atomic mass is 16.4. The predicted molar refractivity (Wildman–Crippen MR) is 144 cm³/mol. The Labute approximate surface area is 215 Å². The third kappa shape index (κ3) is 5.07. The molecule has 0 fully saturated rings. The maximum absolute atomic E-state index is 13.0. The van der Waals surface area contributed by atoms with E-state index in [4.69, 9.17) is 4.98 Å². The number of carbonyl (C=O) groups excluding carboxylic acids is 2. The van der Waals surface area contributed by atoms with Crippen molar-refractivity contribution in [1.82, 2.24) is 19.3 Å². The van der Waals surface area contributed by atoms with Gasteiger partial charge in [0.2, 0.25) is 5.91 Å². The van der Waals surface area contributed by atoms with Gasteiger partial charge in [0.05, 0.1) is 5.52 Å². The van der Waals surface area contributed by atoms with E-state index in [1.807, 2.05) is 56.4 Å². The monoisotopic (exact) mass is 503 g/mol. The molecule has 0 spiro atoms. The summed E-state index contributed by atoms with van der Waals surface area (Å²) < 4.78 is 3.47. The summed E-state index contributed by atoms with van der Waals surface area (Å²) in [6, 6.07) is 9.96. The number of amides is 1. The van der Waals surface area contributed by atoms with Crippen molar-refractivity contribution in [2.24, 2.45) is 5.92 Å². The first-order chi connectivity index (χ1) is 17.4. The van der Waals surface area contributed by atoms with E-state index in [2.05, 4.69) is 10.6 Å². The van der Waals surface area contributed by atoms with E-state index in [-0.39, 0.29) is 17.4 Å². The number of carboxylic acids is 1. The fraction of sp³-hybridized carbons (Fsp3) is 0.357. The lowest BCUT2D eigenvalue weighted by atomic mass is 9.99. The number of imidazole rings is 1. The first-order valence-electron chi connectivity index (χ1n) is 12.4. The number of para-hydroxylation sites is 1. The normalized spacial score (nSPS) is 13.5. The fourth-order valence-corrected chi connectivity index (χ4v) is 4.38. The number of carbonyl (C=O) groups is 3. The highest BCUT2D eigenvalue weighted by Gasteiger charge is 2.27. The van der Waals surface area contributed by atoms with Crippen LogP contribution in [0.2, 0.25) is 0 Å². The molecule has 0 saturated carbocycles. The second-order valence-electron chi connectivity index (χ2n) is 10.5. The third-order valence-corrected chi connectivity index (χ3v) is 6.45. The zero-order chi connectivity index (χ0) is 27.1. The van der Waals surface area contributed by atoms with E-state index in [1.165, 1.54) is 6.92 Å². The Bertz CT molecular complexity index is 1510. The van der Waals surface area contributed by atoms with Crippen LogP contribution in [0.1, 0.15) is 63.1 Å². The molecular weight excluding hydrogens is 470 g/mol. The summed E-state index contributed by atoms with van der Waals surface area (Å²) in [5.41, 5.74) is 2.75. The summed E-state index contributed by atoms with van der Waals surface area (Å²) in [5, 5.41) is 16.6. The molecule has 0 bridgehead atoms. The number of anilines is 1. The van der Waals surface area contributed by atoms with E-state index in [1.54, 1.807) is 36.0 Å². The van der Waals surface area contributed by atoms with Crippen molar-refractivity contribution in [3.63, 3.8) is 0 Å². The zero-order valence-electron chi connectivity index (χ0n) is 22.0. The molecule has 9 nitrogen and oxygen atoms in total. The number of rotatable bonds is 7. The molecule has 4 aromatic rings. The molecule has 2 atom stereocenters. The van der Waals surface area contributed by atoms with Crippen LogP contribution in [0.3, 0.4) is 0 Å². The lowest BCUT2D eigenvalue weighted by Crippen LogP contribution is -2.45. The van der Waals surface area contributed by atoms with Crippen LogP contribution in [-0.2, 0) is 4.79 Å². The van der Waals surface area contributed by atoms with Crippen molar-refractivity contribution in [1.29, 1.82) is 0 Å². The van der Waals surface area contributed by atoms with Gasteiger partial charge in [-0.05, 0) is 44.9 Å². The van der Waals surface area contributed by atoms with Gasteiger partial charge in [0.1, 0.15) is 23.2 Å². The molecule has 3 heterocycles. The predicted octanol–water partition coefficient (Wildman–Crippen LogP) is 5.06. The SMILES string of the molecule is CCC(C)C(NC(=O)c1ccn2c(NC(C)(C)C)c(-c3cn(C(C)=O)c4ccccc34)nc2c1)C(=O)O. The van der Waals surface area contributed by atoms with Gasteiger partial charge in [0.15, 0.2) is 0 Å². The zero-order valence-corrected chi connectivity index (χ0v) is 22.0. The molecular formula is C28H33N5O4. The Morgan fingerprint density at radius 3 is 2.46 bits per heavy atom. The van der Waals surface area contributed by atoms with Gasteiger partial charge in [0.25, 0.3) is 5.91 Å². The minimum absolute atomic E-state index is 0.107. The molecule has 194 valence electrons. The fourth-order valence-electron chi connectivity index (χ4n) is 4.38. The van der Waals surface area contributed by atoms with Gasteiger partial charge in [-0.15, -0.1) is 0 Å². The van der Waals surface area contributed by atoms with Crippen molar-refractivity contribution >= 4 is 40.2 Å². The van der Waals surface area contributed by atoms with E-state index in [9.17, 15) is 19.5 Å². The topological polar surface area (TPSA) is 118 Å². The van der Waals surface area contributed by atoms with E-state index in [0.29, 0.717) is 23.3 Å². The Morgan fingerprint density at radius 2 is 1.84 bits per heavy atom. The number of hydrogen-bond acceptors (Lipinski definition) is 5. The average molecular weight is 504 g/mol. The second-order valence-corrected chi connectivity index (χ2v) is 10.5. The van der Waals surface area contributed by atoms with Crippen molar-refractivity contribution in [3.05, 3.63) is 54.4 Å². The van der Waals surface area contributed by atoms with Crippen LogP contribution in [0.15, 0.2) is 48.8 Å². The number of fused-ring (bicyclic) bond motifs is 2. The molecule has 9 heteroatoms. The molecule has 0 radical (unpaired) electrons. The van der Waals surface area contributed by atoms with Gasteiger partial charge in [-0.3, -0.25) is 18.6 Å². The van der Waals surface area contributed by atoms with E-state index < -0.39 is 17.9 Å². The largest absolute Gasteiger partial charge is 0.480 e. The number of pyridine rings is 1. The highest BCUT2D eigenvalue weighted by molar-refractivity contribution is 6.03. The Kier molecular flexibility index (Phi) is 6.82. The lowest BCUT2D eigenvalue weighted by Gasteiger charge is -2.22. The molecule has 37 heavy (non-hydrogen) atoms. The van der Waals surface area contributed by atoms with Crippen molar-refractivity contribution in [2.45, 2.75) is 59.5 Å². The molecule has 3 aromatic heterocycles. The summed E-state index contributed by atoms with van der Waals surface area (Å²) in [6.07, 6.45) is 4.16. The second kappa shape index (κ2) is 9.72. The van der Waals surface area contributed by atoms with Gasteiger partial charge >= 0.3 is 5.97 Å². The quantitative estimate of drug-likeness (QED) is 0.325. The summed E-state index contributed by atoms with van der Waals surface area (Å²) in [7, 11) is 0. The maximum atomic E-state index is 13.0. The summed E-state index contributed by atoms with van der Waals surface area (Å²) >= 11 is 0. The molecule has 3 N–H and O–H groups in total. The van der Waals surface area contributed by atoms with Crippen molar-refractivity contribution in [3.8, 4) is 11.3 Å².